The molecule has 20 heavy (non-hydrogen) atoms. The van der Waals surface area contributed by atoms with Crippen molar-refractivity contribution < 1.29 is 9.53 Å². The highest BCUT2D eigenvalue weighted by Crippen LogP contribution is 2.31. The van der Waals surface area contributed by atoms with Crippen molar-refractivity contribution in [3.8, 4) is 5.75 Å². The SMILES string of the molecule is Cc1cccc(C(=O)NC2CCOc3ccccc32)c1. The van der Waals surface area contributed by atoms with E-state index < -0.39 is 0 Å². The van der Waals surface area contributed by atoms with Crippen molar-refractivity contribution in [1.29, 1.82) is 0 Å². The molecular formula is C17H17NO2. The van der Waals surface area contributed by atoms with E-state index in [2.05, 4.69) is 5.32 Å². The van der Waals surface area contributed by atoms with Crippen molar-refractivity contribution in [2.45, 2.75) is 19.4 Å². The van der Waals surface area contributed by atoms with Crippen LogP contribution in [-0.2, 0) is 0 Å². The molecule has 1 heterocycles. The summed E-state index contributed by atoms with van der Waals surface area (Å²) in [5, 5.41) is 3.10. The number of benzene rings is 2. The summed E-state index contributed by atoms with van der Waals surface area (Å²) in [5.41, 5.74) is 2.85. The van der Waals surface area contributed by atoms with Crippen LogP contribution < -0.4 is 10.1 Å². The molecule has 1 aliphatic rings. The van der Waals surface area contributed by atoms with E-state index in [1.807, 2.05) is 55.5 Å². The number of ether oxygens (including phenoxy) is 1. The molecule has 0 bridgehead atoms. The van der Waals surface area contributed by atoms with Gasteiger partial charge in [-0.05, 0) is 25.1 Å². The number of carbonyl (C=O) groups is 1. The molecule has 1 unspecified atom stereocenters. The van der Waals surface area contributed by atoms with Gasteiger partial charge in [-0.1, -0.05) is 35.9 Å². The van der Waals surface area contributed by atoms with E-state index in [9.17, 15) is 4.79 Å². The summed E-state index contributed by atoms with van der Waals surface area (Å²) in [6.07, 6.45) is 0.800. The van der Waals surface area contributed by atoms with Crippen LogP contribution >= 0.6 is 0 Å². The van der Waals surface area contributed by atoms with Crippen LogP contribution in [-0.4, -0.2) is 12.5 Å². The zero-order valence-electron chi connectivity index (χ0n) is 11.4. The standard InChI is InChI=1S/C17H17NO2/c1-12-5-4-6-13(11-12)17(19)18-15-9-10-20-16-8-3-2-7-14(15)16/h2-8,11,15H,9-10H2,1H3,(H,18,19). The van der Waals surface area contributed by atoms with Gasteiger partial charge in [-0.15, -0.1) is 0 Å². The smallest absolute Gasteiger partial charge is 0.251 e. The van der Waals surface area contributed by atoms with Gasteiger partial charge in [0, 0.05) is 17.5 Å². The first kappa shape index (κ1) is 12.7. The van der Waals surface area contributed by atoms with Crippen LogP contribution in [0.1, 0.15) is 33.9 Å². The first-order valence-corrected chi connectivity index (χ1v) is 6.83. The molecule has 0 aromatic heterocycles. The van der Waals surface area contributed by atoms with Crippen LogP contribution in [0.5, 0.6) is 5.75 Å². The Bertz CT molecular complexity index is 636. The summed E-state index contributed by atoms with van der Waals surface area (Å²) >= 11 is 0. The number of carbonyl (C=O) groups excluding carboxylic acids is 1. The molecule has 0 aliphatic carbocycles. The van der Waals surface area contributed by atoms with Gasteiger partial charge in [-0.3, -0.25) is 4.79 Å². The molecule has 3 heteroatoms. The fraction of sp³-hybridized carbons (Fsp3) is 0.235. The van der Waals surface area contributed by atoms with E-state index in [-0.39, 0.29) is 11.9 Å². The summed E-state index contributed by atoms with van der Waals surface area (Å²) in [6.45, 7) is 2.62. The van der Waals surface area contributed by atoms with Crippen LogP contribution in [0, 0.1) is 6.92 Å². The summed E-state index contributed by atoms with van der Waals surface area (Å²) in [5.74, 6) is 0.837. The van der Waals surface area contributed by atoms with Gasteiger partial charge < -0.3 is 10.1 Å². The number of aryl methyl sites for hydroxylation is 1. The molecule has 0 fully saturated rings. The Hall–Kier alpha value is -2.29. The van der Waals surface area contributed by atoms with Crippen LogP contribution in [0.2, 0.25) is 0 Å². The summed E-state index contributed by atoms with van der Waals surface area (Å²) in [7, 11) is 0. The van der Waals surface area contributed by atoms with Crippen LogP contribution in [0.4, 0.5) is 0 Å². The summed E-state index contributed by atoms with van der Waals surface area (Å²) in [4.78, 5) is 12.3. The lowest BCUT2D eigenvalue weighted by Gasteiger charge is -2.26. The van der Waals surface area contributed by atoms with Gasteiger partial charge in [0.2, 0.25) is 0 Å². The van der Waals surface area contributed by atoms with Crippen molar-refractivity contribution >= 4 is 5.91 Å². The second-order valence-corrected chi connectivity index (χ2v) is 5.07. The molecule has 0 radical (unpaired) electrons. The highest BCUT2D eigenvalue weighted by Gasteiger charge is 2.22. The predicted octanol–water partition coefficient (Wildman–Crippen LogP) is 3.25. The van der Waals surface area contributed by atoms with E-state index >= 15 is 0 Å². The summed E-state index contributed by atoms with van der Waals surface area (Å²) in [6, 6.07) is 15.5. The molecule has 0 saturated heterocycles. The third-order valence-electron chi connectivity index (χ3n) is 3.54. The summed E-state index contributed by atoms with van der Waals surface area (Å²) < 4.78 is 5.61. The van der Waals surface area contributed by atoms with Gasteiger partial charge in [0.05, 0.1) is 12.6 Å². The number of para-hydroxylation sites is 1. The van der Waals surface area contributed by atoms with E-state index in [1.54, 1.807) is 0 Å². The number of fused-ring (bicyclic) bond motifs is 1. The zero-order chi connectivity index (χ0) is 13.9. The minimum atomic E-state index is -0.0320. The average molecular weight is 267 g/mol. The molecule has 2 aromatic carbocycles. The maximum Gasteiger partial charge on any atom is 0.251 e. The lowest BCUT2D eigenvalue weighted by atomic mass is 10.00. The van der Waals surface area contributed by atoms with E-state index in [0.29, 0.717) is 12.2 Å². The molecule has 1 aliphatic heterocycles. The fourth-order valence-electron chi connectivity index (χ4n) is 2.52. The quantitative estimate of drug-likeness (QED) is 0.907. The van der Waals surface area contributed by atoms with E-state index in [0.717, 1.165) is 23.3 Å². The van der Waals surface area contributed by atoms with Gasteiger partial charge in [-0.2, -0.15) is 0 Å². The first-order valence-electron chi connectivity index (χ1n) is 6.83. The predicted molar refractivity (Wildman–Crippen MR) is 77.9 cm³/mol. The Morgan fingerprint density at radius 3 is 2.90 bits per heavy atom. The van der Waals surface area contributed by atoms with Crippen LogP contribution in [0.15, 0.2) is 48.5 Å². The molecule has 0 spiro atoms. The Morgan fingerprint density at radius 2 is 2.05 bits per heavy atom. The van der Waals surface area contributed by atoms with Crippen molar-refractivity contribution in [2.24, 2.45) is 0 Å². The van der Waals surface area contributed by atoms with Crippen LogP contribution in [0.25, 0.3) is 0 Å². The highest BCUT2D eigenvalue weighted by atomic mass is 16.5. The first-order chi connectivity index (χ1) is 9.74. The Labute approximate surface area is 118 Å². The van der Waals surface area contributed by atoms with Gasteiger partial charge in [-0.25, -0.2) is 0 Å². The normalized spacial score (nSPS) is 16.9. The number of nitrogens with one attached hydrogen (secondary N) is 1. The zero-order valence-corrected chi connectivity index (χ0v) is 11.4. The molecule has 2 aromatic rings. The molecule has 1 amide bonds. The Morgan fingerprint density at radius 1 is 1.20 bits per heavy atom. The molecule has 102 valence electrons. The largest absolute Gasteiger partial charge is 0.493 e. The van der Waals surface area contributed by atoms with Gasteiger partial charge in [0.1, 0.15) is 5.75 Å². The third kappa shape index (κ3) is 2.52. The molecule has 1 N–H and O–H groups in total. The molecular weight excluding hydrogens is 250 g/mol. The Balaban J connectivity index is 1.81. The lowest BCUT2D eigenvalue weighted by molar-refractivity contribution is 0.0924. The molecule has 3 nitrogen and oxygen atoms in total. The fourth-order valence-corrected chi connectivity index (χ4v) is 2.52. The van der Waals surface area contributed by atoms with Crippen molar-refractivity contribution in [3.05, 3.63) is 65.2 Å². The van der Waals surface area contributed by atoms with Gasteiger partial charge >= 0.3 is 0 Å². The number of hydrogen-bond donors (Lipinski definition) is 1. The molecule has 0 saturated carbocycles. The average Bonchev–Trinajstić information content (AvgIpc) is 2.47. The molecule has 3 rings (SSSR count). The molecule has 1 atom stereocenters. The van der Waals surface area contributed by atoms with Gasteiger partial charge in [0.15, 0.2) is 0 Å². The number of amides is 1. The van der Waals surface area contributed by atoms with Gasteiger partial charge in [0.25, 0.3) is 5.91 Å². The maximum atomic E-state index is 12.3. The topological polar surface area (TPSA) is 38.3 Å². The van der Waals surface area contributed by atoms with Crippen molar-refractivity contribution in [3.63, 3.8) is 0 Å². The third-order valence-corrected chi connectivity index (χ3v) is 3.54. The van der Waals surface area contributed by atoms with E-state index in [4.69, 9.17) is 4.74 Å². The minimum absolute atomic E-state index is 0.0213. The highest BCUT2D eigenvalue weighted by molar-refractivity contribution is 5.94. The maximum absolute atomic E-state index is 12.3. The monoisotopic (exact) mass is 267 g/mol. The second-order valence-electron chi connectivity index (χ2n) is 5.07. The van der Waals surface area contributed by atoms with E-state index in [1.165, 1.54) is 0 Å². The van der Waals surface area contributed by atoms with Crippen molar-refractivity contribution in [2.75, 3.05) is 6.61 Å². The number of rotatable bonds is 2. The Kier molecular flexibility index (Phi) is 3.42. The van der Waals surface area contributed by atoms with Crippen molar-refractivity contribution in [1.82, 2.24) is 5.32 Å². The second kappa shape index (κ2) is 5.37. The number of hydrogen-bond acceptors (Lipinski definition) is 2. The van der Waals surface area contributed by atoms with Crippen LogP contribution in [0.3, 0.4) is 0 Å². The minimum Gasteiger partial charge on any atom is -0.493 e. The lowest BCUT2D eigenvalue weighted by Crippen LogP contribution is -2.32.